The van der Waals surface area contributed by atoms with Crippen LogP contribution in [0.3, 0.4) is 0 Å². The third kappa shape index (κ3) is 3.45. The van der Waals surface area contributed by atoms with Gasteiger partial charge in [-0.3, -0.25) is 0 Å². The minimum atomic E-state index is -5.25. The van der Waals surface area contributed by atoms with E-state index in [0.717, 1.165) is 6.07 Å². The lowest BCUT2D eigenvalue weighted by Gasteiger charge is -2.10. The highest BCUT2D eigenvalue weighted by molar-refractivity contribution is 8.13. The summed E-state index contributed by atoms with van der Waals surface area (Å²) in [5.74, 6) is -2.70. The van der Waals surface area contributed by atoms with Gasteiger partial charge >= 0.3 is 12.2 Å². The number of hydrogen-bond acceptors (Lipinski definition) is 7. The number of halogens is 4. The third-order valence-corrected chi connectivity index (χ3v) is 3.07. The van der Waals surface area contributed by atoms with Gasteiger partial charge in [0.15, 0.2) is 11.9 Å². The first kappa shape index (κ1) is 15.9. The van der Waals surface area contributed by atoms with Gasteiger partial charge in [0.05, 0.1) is 0 Å². The third-order valence-electron chi connectivity index (χ3n) is 1.73. The summed E-state index contributed by atoms with van der Waals surface area (Å²) in [6, 6.07) is 1.06. The van der Waals surface area contributed by atoms with Gasteiger partial charge in [-0.1, -0.05) is 0 Å². The molecule has 108 valence electrons. The smallest absolute Gasteiger partial charge is 0.400 e. The zero-order valence-corrected chi connectivity index (χ0v) is 10.5. The van der Waals surface area contributed by atoms with Crippen LogP contribution >= 0.6 is 10.7 Å². The highest BCUT2D eigenvalue weighted by Crippen LogP contribution is 2.35. The molecule has 20 heavy (non-hydrogen) atoms. The minimum absolute atomic E-state index is 0.204. The summed E-state index contributed by atoms with van der Waals surface area (Å²) in [7, 11) is -0.0264. The summed E-state index contributed by atoms with van der Waals surface area (Å²) >= 11 is 0. The second-order valence-corrected chi connectivity index (χ2v) is 5.51. The highest BCUT2D eigenvalue weighted by atomic mass is 35.7. The van der Waals surface area contributed by atoms with E-state index in [4.69, 9.17) is 15.9 Å². The first-order chi connectivity index (χ1) is 8.97. The molecule has 8 nitrogen and oxygen atoms in total. The number of ether oxygens (including phenoxy) is 1. The summed E-state index contributed by atoms with van der Waals surface area (Å²) in [4.78, 5) is 10.7. The van der Waals surface area contributed by atoms with Crippen molar-refractivity contribution in [2.75, 3.05) is 0 Å². The van der Waals surface area contributed by atoms with Gasteiger partial charge in [-0.05, 0) is 9.91 Å². The predicted octanol–water partition coefficient (Wildman–Crippen LogP) is 1.69. The maximum atomic E-state index is 12.1. The number of nitriles is 1. The fourth-order valence-electron chi connectivity index (χ4n) is 1.14. The Morgan fingerprint density at radius 1 is 1.50 bits per heavy atom. The standard InChI is InChI=1S/C7HClF3N3O5S/c8-20(17,18)5-3(1-12)4(19-7(9,10)11)2-13-6(5)14(15)16/h2H. The van der Waals surface area contributed by atoms with Crippen LogP contribution in [-0.2, 0) is 9.05 Å². The minimum Gasteiger partial charge on any atom is -0.400 e. The van der Waals surface area contributed by atoms with Gasteiger partial charge in [-0.2, -0.15) is 5.26 Å². The second-order valence-electron chi connectivity index (χ2n) is 3.00. The van der Waals surface area contributed by atoms with Crippen LogP contribution in [0.2, 0.25) is 0 Å². The lowest BCUT2D eigenvalue weighted by molar-refractivity contribution is -0.392. The number of pyridine rings is 1. The van der Waals surface area contributed by atoms with Gasteiger partial charge < -0.3 is 14.9 Å². The molecule has 1 aromatic heterocycles. The molecule has 0 aromatic carbocycles. The lowest BCUT2D eigenvalue weighted by atomic mass is 10.2. The van der Waals surface area contributed by atoms with E-state index in [-0.39, 0.29) is 6.20 Å². The van der Waals surface area contributed by atoms with E-state index in [0.29, 0.717) is 0 Å². The molecule has 0 amide bonds. The van der Waals surface area contributed by atoms with Crippen LogP contribution in [0.4, 0.5) is 19.0 Å². The number of nitro groups is 1. The van der Waals surface area contributed by atoms with Crippen molar-refractivity contribution in [2.45, 2.75) is 11.3 Å². The van der Waals surface area contributed by atoms with Crippen LogP contribution in [0, 0.1) is 21.4 Å². The van der Waals surface area contributed by atoms with E-state index in [2.05, 4.69) is 9.72 Å². The zero-order chi connectivity index (χ0) is 15.7. The fourth-order valence-corrected chi connectivity index (χ4v) is 2.31. The van der Waals surface area contributed by atoms with E-state index in [1.54, 1.807) is 0 Å². The Morgan fingerprint density at radius 3 is 2.40 bits per heavy atom. The molecule has 1 aromatic rings. The van der Waals surface area contributed by atoms with Crippen molar-refractivity contribution in [1.29, 1.82) is 5.26 Å². The Kier molecular flexibility index (Phi) is 4.06. The first-order valence-corrected chi connectivity index (χ1v) is 6.56. The Balaban J connectivity index is 3.72. The number of hydrogen-bond donors (Lipinski definition) is 0. The first-order valence-electron chi connectivity index (χ1n) is 4.25. The SMILES string of the molecule is N#Cc1c(OC(F)(F)F)cnc([N+](=O)[O-])c1S(=O)(=O)Cl. The summed E-state index contributed by atoms with van der Waals surface area (Å²) in [5, 5.41) is 19.3. The topological polar surface area (TPSA) is 123 Å². The molecule has 0 atom stereocenters. The summed E-state index contributed by atoms with van der Waals surface area (Å²) in [5.41, 5.74) is -1.26. The molecule has 0 N–H and O–H groups in total. The molecule has 0 aliphatic heterocycles. The van der Waals surface area contributed by atoms with Crippen LogP contribution in [0.15, 0.2) is 11.1 Å². The van der Waals surface area contributed by atoms with E-state index in [1.807, 2.05) is 0 Å². The van der Waals surface area contributed by atoms with Gasteiger partial charge in [0.2, 0.25) is 4.90 Å². The van der Waals surface area contributed by atoms with Crippen LogP contribution in [-0.4, -0.2) is 24.7 Å². The Hall–Kier alpha value is -2.13. The van der Waals surface area contributed by atoms with E-state index in [1.165, 1.54) is 0 Å². The fraction of sp³-hybridized carbons (Fsp3) is 0.143. The molecule has 0 spiro atoms. The molecule has 0 fully saturated rings. The molecule has 1 rings (SSSR count). The maximum Gasteiger partial charge on any atom is 0.573 e. The van der Waals surface area contributed by atoms with E-state index < -0.39 is 42.4 Å². The number of rotatable bonds is 3. The van der Waals surface area contributed by atoms with Crippen molar-refractivity contribution in [1.82, 2.24) is 4.98 Å². The van der Waals surface area contributed by atoms with Gasteiger partial charge in [0.25, 0.3) is 9.05 Å². The summed E-state index contributed by atoms with van der Waals surface area (Å²) < 4.78 is 61.9. The number of aromatic nitrogens is 1. The molecule has 0 unspecified atom stereocenters. The van der Waals surface area contributed by atoms with Gasteiger partial charge in [-0.15, -0.1) is 13.2 Å². The van der Waals surface area contributed by atoms with Gasteiger partial charge in [0, 0.05) is 10.7 Å². The molecule has 1 heterocycles. The molecule has 0 aliphatic rings. The van der Waals surface area contributed by atoms with Crippen LogP contribution in [0.5, 0.6) is 5.75 Å². The molecule has 0 radical (unpaired) electrons. The van der Waals surface area contributed by atoms with Crippen LogP contribution in [0.25, 0.3) is 0 Å². The molecule has 13 heteroatoms. The van der Waals surface area contributed by atoms with Crippen molar-refractivity contribution >= 4 is 25.6 Å². The van der Waals surface area contributed by atoms with Gasteiger partial charge in [0.1, 0.15) is 11.6 Å². The predicted molar refractivity (Wildman–Crippen MR) is 55.3 cm³/mol. The monoisotopic (exact) mass is 331 g/mol. The van der Waals surface area contributed by atoms with Crippen molar-refractivity contribution < 1.29 is 31.2 Å². The van der Waals surface area contributed by atoms with Crippen molar-refractivity contribution in [3.63, 3.8) is 0 Å². The average Bonchev–Trinajstić information content (AvgIpc) is 2.24. The van der Waals surface area contributed by atoms with Crippen LogP contribution < -0.4 is 4.74 Å². The van der Waals surface area contributed by atoms with Crippen molar-refractivity contribution in [3.05, 3.63) is 21.9 Å². The Morgan fingerprint density at radius 2 is 2.05 bits per heavy atom. The highest BCUT2D eigenvalue weighted by Gasteiger charge is 2.38. The molecule has 0 saturated carbocycles. The summed E-state index contributed by atoms with van der Waals surface area (Å²) in [6.07, 6.45) is -5.05. The molecular weight excluding hydrogens is 331 g/mol. The summed E-state index contributed by atoms with van der Waals surface area (Å²) in [6.45, 7) is 0. The number of alkyl halides is 3. The largest absolute Gasteiger partial charge is 0.573 e. The Bertz CT molecular complexity index is 712. The van der Waals surface area contributed by atoms with Crippen molar-refractivity contribution in [2.24, 2.45) is 0 Å². The quantitative estimate of drug-likeness (QED) is 0.469. The number of nitrogens with zero attached hydrogens (tertiary/aromatic N) is 3. The van der Waals surface area contributed by atoms with E-state index >= 15 is 0 Å². The van der Waals surface area contributed by atoms with Crippen molar-refractivity contribution in [3.8, 4) is 11.8 Å². The van der Waals surface area contributed by atoms with Crippen LogP contribution in [0.1, 0.15) is 5.56 Å². The molecule has 0 saturated heterocycles. The lowest BCUT2D eigenvalue weighted by Crippen LogP contribution is -2.19. The average molecular weight is 332 g/mol. The molecule has 0 aliphatic carbocycles. The maximum absolute atomic E-state index is 12.1. The van der Waals surface area contributed by atoms with Gasteiger partial charge in [-0.25, -0.2) is 8.42 Å². The normalized spacial score (nSPS) is 11.8. The molecule has 0 bridgehead atoms. The van der Waals surface area contributed by atoms with E-state index in [9.17, 15) is 31.7 Å². The zero-order valence-electron chi connectivity index (χ0n) is 8.88. The second kappa shape index (κ2) is 5.10. The molecular formula is C7HClF3N3O5S. The Labute approximate surface area is 112 Å².